The third-order valence-corrected chi connectivity index (χ3v) is 4.51. The molecule has 0 radical (unpaired) electrons. The summed E-state index contributed by atoms with van der Waals surface area (Å²) in [6.45, 7) is 4.14. The predicted molar refractivity (Wildman–Crippen MR) is 99.8 cm³/mol. The molecule has 1 aliphatic heterocycles. The largest absolute Gasteiger partial charge is 0.360 e. The average molecular weight is 329 g/mol. The van der Waals surface area contributed by atoms with Crippen molar-refractivity contribution in [3.63, 3.8) is 0 Å². The van der Waals surface area contributed by atoms with Crippen LogP contribution in [0, 0.1) is 13.8 Å². The lowest BCUT2D eigenvalue weighted by Gasteiger charge is -2.27. The van der Waals surface area contributed by atoms with Gasteiger partial charge in [-0.15, -0.1) is 0 Å². The predicted octanol–water partition coefficient (Wildman–Crippen LogP) is 4.47. The van der Waals surface area contributed by atoms with Crippen LogP contribution in [-0.2, 0) is 0 Å². The molecule has 1 unspecified atom stereocenters. The number of nitrogens with zero attached hydrogens (tertiary/aromatic N) is 2. The number of anilines is 2. The monoisotopic (exact) mass is 329 g/mol. The topological polar surface area (TPSA) is 45.2 Å². The molecular weight excluding hydrogens is 310 g/mol. The van der Waals surface area contributed by atoms with E-state index in [2.05, 4.69) is 42.3 Å². The molecule has 124 valence electrons. The number of carbonyl (C=O) groups excluding carboxylic acids is 1. The van der Waals surface area contributed by atoms with Gasteiger partial charge in [0.25, 0.3) is 5.91 Å². The second kappa shape index (κ2) is 6.06. The van der Waals surface area contributed by atoms with Gasteiger partial charge in [-0.3, -0.25) is 14.7 Å². The summed E-state index contributed by atoms with van der Waals surface area (Å²) < 4.78 is 0. The zero-order valence-corrected chi connectivity index (χ0v) is 14.2. The van der Waals surface area contributed by atoms with Crippen molar-refractivity contribution in [2.75, 3.05) is 10.2 Å². The van der Waals surface area contributed by atoms with Crippen LogP contribution in [0.25, 0.3) is 0 Å². The lowest BCUT2D eigenvalue weighted by Crippen LogP contribution is -2.32. The van der Waals surface area contributed by atoms with E-state index in [0.717, 1.165) is 22.6 Å². The quantitative estimate of drug-likeness (QED) is 0.771. The highest BCUT2D eigenvalue weighted by atomic mass is 16.2. The van der Waals surface area contributed by atoms with Crippen molar-refractivity contribution in [1.82, 2.24) is 4.98 Å². The van der Waals surface area contributed by atoms with E-state index in [9.17, 15) is 4.79 Å². The lowest BCUT2D eigenvalue weighted by molar-refractivity contribution is 0.0993. The molecule has 0 aliphatic carbocycles. The van der Waals surface area contributed by atoms with Gasteiger partial charge in [-0.05, 0) is 49.7 Å². The molecule has 4 rings (SSSR count). The molecule has 1 amide bonds. The summed E-state index contributed by atoms with van der Waals surface area (Å²) in [4.78, 5) is 19.2. The summed E-state index contributed by atoms with van der Waals surface area (Å²) in [7, 11) is 0. The van der Waals surface area contributed by atoms with Crippen LogP contribution in [0.4, 0.5) is 11.4 Å². The van der Waals surface area contributed by atoms with Gasteiger partial charge in [-0.2, -0.15) is 0 Å². The normalized spacial score (nSPS) is 16.0. The fraction of sp³-hybridized carbons (Fsp3) is 0.143. The first-order valence-corrected chi connectivity index (χ1v) is 8.32. The molecule has 4 heteroatoms. The molecule has 0 saturated carbocycles. The molecule has 2 aromatic carbocycles. The maximum Gasteiger partial charge on any atom is 0.262 e. The van der Waals surface area contributed by atoms with E-state index < -0.39 is 0 Å². The smallest absolute Gasteiger partial charge is 0.262 e. The van der Waals surface area contributed by atoms with Gasteiger partial charge >= 0.3 is 0 Å². The number of para-hydroxylation sites is 1. The zero-order valence-electron chi connectivity index (χ0n) is 14.2. The van der Waals surface area contributed by atoms with Crippen LogP contribution in [0.2, 0.25) is 0 Å². The van der Waals surface area contributed by atoms with Gasteiger partial charge in [0.2, 0.25) is 0 Å². The molecule has 0 spiro atoms. The molecule has 2 heterocycles. The number of pyridine rings is 1. The van der Waals surface area contributed by atoms with Crippen LogP contribution in [0.3, 0.4) is 0 Å². The van der Waals surface area contributed by atoms with Crippen molar-refractivity contribution in [1.29, 1.82) is 0 Å². The molecule has 0 fully saturated rings. The average Bonchev–Trinajstić information content (AvgIpc) is 2.91. The van der Waals surface area contributed by atoms with E-state index in [-0.39, 0.29) is 12.1 Å². The number of benzene rings is 2. The first-order valence-electron chi connectivity index (χ1n) is 8.32. The Balaban J connectivity index is 1.80. The molecule has 1 aromatic heterocycles. The van der Waals surface area contributed by atoms with Gasteiger partial charge < -0.3 is 5.32 Å². The number of amides is 1. The van der Waals surface area contributed by atoms with Gasteiger partial charge in [0, 0.05) is 17.6 Å². The molecule has 1 N–H and O–H groups in total. The minimum absolute atomic E-state index is 0.0310. The lowest BCUT2D eigenvalue weighted by atomic mass is 10.1. The number of carbonyl (C=O) groups is 1. The van der Waals surface area contributed by atoms with Crippen LogP contribution in [0.5, 0.6) is 0 Å². The first kappa shape index (κ1) is 15.4. The maximum atomic E-state index is 13.0. The molecule has 25 heavy (non-hydrogen) atoms. The van der Waals surface area contributed by atoms with E-state index in [0.29, 0.717) is 5.56 Å². The number of hydrogen-bond acceptors (Lipinski definition) is 3. The Bertz CT molecular complexity index is 937. The molecule has 1 atom stereocenters. The van der Waals surface area contributed by atoms with Crippen LogP contribution in [0.1, 0.15) is 33.3 Å². The van der Waals surface area contributed by atoms with Crippen molar-refractivity contribution in [3.05, 3.63) is 89.2 Å². The molecule has 4 nitrogen and oxygen atoms in total. The van der Waals surface area contributed by atoms with Crippen molar-refractivity contribution in [2.24, 2.45) is 0 Å². The highest BCUT2D eigenvalue weighted by molar-refractivity contribution is 6.11. The van der Waals surface area contributed by atoms with Crippen LogP contribution < -0.4 is 10.2 Å². The highest BCUT2D eigenvalue weighted by Gasteiger charge is 2.39. The van der Waals surface area contributed by atoms with Crippen molar-refractivity contribution >= 4 is 17.3 Å². The Morgan fingerprint density at radius 1 is 1.00 bits per heavy atom. The van der Waals surface area contributed by atoms with E-state index in [1.54, 1.807) is 17.2 Å². The molecule has 1 aliphatic rings. The van der Waals surface area contributed by atoms with E-state index >= 15 is 0 Å². The number of aryl methyl sites for hydroxylation is 2. The summed E-state index contributed by atoms with van der Waals surface area (Å²) in [5.74, 6) is -0.0310. The minimum atomic E-state index is -0.326. The van der Waals surface area contributed by atoms with Crippen LogP contribution in [0.15, 0.2) is 66.9 Å². The minimum Gasteiger partial charge on any atom is -0.360 e. The third-order valence-electron chi connectivity index (χ3n) is 4.51. The maximum absolute atomic E-state index is 13.0. The molecule has 3 aromatic rings. The van der Waals surface area contributed by atoms with Gasteiger partial charge in [0.15, 0.2) is 6.17 Å². The van der Waals surface area contributed by atoms with Gasteiger partial charge in [0.05, 0.1) is 11.3 Å². The van der Waals surface area contributed by atoms with Crippen molar-refractivity contribution in [2.45, 2.75) is 20.0 Å². The molecule has 0 bridgehead atoms. The van der Waals surface area contributed by atoms with E-state index in [1.165, 1.54) is 5.56 Å². The van der Waals surface area contributed by atoms with Gasteiger partial charge in [0.1, 0.15) is 0 Å². The summed E-state index contributed by atoms with van der Waals surface area (Å²) >= 11 is 0. The Hall–Kier alpha value is -3.14. The number of hydrogen-bond donors (Lipinski definition) is 1. The fourth-order valence-corrected chi connectivity index (χ4v) is 3.30. The summed E-state index contributed by atoms with van der Waals surface area (Å²) in [6.07, 6.45) is 1.41. The highest BCUT2D eigenvalue weighted by Crippen LogP contribution is 2.37. The number of nitrogens with one attached hydrogen (secondary N) is 1. The van der Waals surface area contributed by atoms with Crippen LogP contribution >= 0.6 is 0 Å². The SMILES string of the molecule is Cc1ccc(NC2c3ncccc3C(=O)N2c2ccccc2)c(C)c1. The number of aromatic nitrogens is 1. The summed E-state index contributed by atoms with van der Waals surface area (Å²) in [6, 6.07) is 19.6. The summed E-state index contributed by atoms with van der Waals surface area (Å²) in [5, 5.41) is 3.51. The van der Waals surface area contributed by atoms with Crippen molar-refractivity contribution in [3.8, 4) is 0 Å². The Morgan fingerprint density at radius 2 is 1.80 bits per heavy atom. The summed E-state index contributed by atoms with van der Waals surface area (Å²) in [5.41, 5.74) is 5.62. The Labute approximate surface area is 147 Å². The number of rotatable bonds is 3. The zero-order chi connectivity index (χ0) is 17.4. The standard InChI is InChI=1S/C21H19N3O/c1-14-10-11-18(15(2)13-14)23-20-19-17(9-6-12-22-19)21(25)24(20)16-7-4-3-5-8-16/h3-13,20,23H,1-2H3. The van der Waals surface area contributed by atoms with Crippen LogP contribution in [-0.4, -0.2) is 10.9 Å². The fourth-order valence-electron chi connectivity index (χ4n) is 3.30. The van der Waals surface area contributed by atoms with Gasteiger partial charge in [-0.1, -0.05) is 35.9 Å². The number of fused-ring (bicyclic) bond motifs is 1. The van der Waals surface area contributed by atoms with Crippen molar-refractivity contribution < 1.29 is 4.79 Å². The molecule has 0 saturated heterocycles. The Morgan fingerprint density at radius 3 is 2.56 bits per heavy atom. The Kier molecular flexibility index (Phi) is 3.73. The van der Waals surface area contributed by atoms with Gasteiger partial charge in [-0.25, -0.2) is 0 Å². The second-order valence-corrected chi connectivity index (χ2v) is 6.31. The van der Waals surface area contributed by atoms with E-state index in [1.807, 2.05) is 36.4 Å². The second-order valence-electron chi connectivity index (χ2n) is 6.31. The first-order chi connectivity index (χ1) is 12.1. The van der Waals surface area contributed by atoms with E-state index in [4.69, 9.17) is 0 Å². The third kappa shape index (κ3) is 2.66. The molecular formula is C21H19N3O.